The van der Waals surface area contributed by atoms with Crippen molar-refractivity contribution in [1.29, 1.82) is 0 Å². The SMILES string of the molecule is CCCNC(=O)CSCC(NCC)C(C)CC. The van der Waals surface area contributed by atoms with E-state index in [1.54, 1.807) is 11.8 Å². The summed E-state index contributed by atoms with van der Waals surface area (Å²) in [5.41, 5.74) is 0. The lowest BCUT2D eigenvalue weighted by atomic mass is 10.0. The molecular formula is C13H28N2OS. The highest BCUT2D eigenvalue weighted by atomic mass is 32.2. The van der Waals surface area contributed by atoms with Crippen molar-refractivity contribution in [3.8, 4) is 0 Å². The number of carbonyl (C=O) groups excluding carboxylic acids is 1. The van der Waals surface area contributed by atoms with Crippen LogP contribution >= 0.6 is 11.8 Å². The van der Waals surface area contributed by atoms with E-state index < -0.39 is 0 Å². The van der Waals surface area contributed by atoms with Crippen LogP contribution in [0, 0.1) is 5.92 Å². The van der Waals surface area contributed by atoms with E-state index in [0.29, 0.717) is 17.7 Å². The van der Waals surface area contributed by atoms with Gasteiger partial charge in [0.15, 0.2) is 0 Å². The van der Waals surface area contributed by atoms with Gasteiger partial charge in [0, 0.05) is 18.3 Å². The van der Waals surface area contributed by atoms with Gasteiger partial charge in [-0.2, -0.15) is 11.8 Å². The molecule has 0 radical (unpaired) electrons. The fourth-order valence-corrected chi connectivity index (χ4v) is 2.67. The van der Waals surface area contributed by atoms with E-state index >= 15 is 0 Å². The van der Waals surface area contributed by atoms with Gasteiger partial charge in [-0.3, -0.25) is 4.79 Å². The summed E-state index contributed by atoms with van der Waals surface area (Å²) in [6, 6.07) is 0.522. The first-order valence-electron chi connectivity index (χ1n) is 6.73. The van der Waals surface area contributed by atoms with Crippen molar-refractivity contribution < 1.29 is 4.79 Å². The molecule has 2 N–H and O–H groups in total. The second-order valence-electron chi connectivity index (χ2n) is 4.41. The molecule has 0 saturated carbocycles. The summed E-state index contributed by atoms with van der Waals surface area (Å²) in [6.07, 6.45) is 2.18. The molecule has 3 nitrogen and oxygen atoms in total. The van der Waals surface area contributed by atoms with Crippen molar-refractivity contribution in [3.05, 3.63) is 0 Å². The maximum absolute atomic E-state index is 11.4. The number of nitrogens with one attached hydrogen (secondary N) is 2. The summed E-state index contributed by atoms with van der Waals surface area (Å²) < 4.78 is 0. The third-order valence-corrected chi connectivity index (χ3v) is 3.96. The Morgan fingerprint density at radius 1 is 1.29 bits per heavy atom. The molecule has 2 atom stereocenters. The molecule has 0 spiro atoms. The van der Waals surface area contributed by atoms with Crippen molar-refractivity contribution in [3.63, 3.8) is 0 Å². The van der Waals surface area contributed by atoms with Crippen LogP contribution in [0.15, 0.2) is 0 Å². The highest BCUT2D eigenvalue weighted by Crippen LogP contribution is 2.13. The van der Waals surface area contributed by atoms with Gasteiger partial charge in [0.25, 0.3) is 0 Å². The number of hydrogen-bond donors (Lipinski definition) is 2. The zero-order valence-electron chi connectivity index (χ0n) is 11.7. The van der Waals surface area contributed by atoms with Crippen LogP contribution in [0.5, 0.6) is 0 Å². The summed E-state index contributed by atoms with van der Waals surface area (Å²) in [5.74, 6) is 2.43. The van der Waals surface area contributed by atoms with E-state index in [1.165, 1.54) is 6.42 Å². The molecule has 17 heavy (non-hydrogen) atoms. The molecule has 0 aromatic rings. The lowest BCUT2D eigenvalue weighted by Crippen LogP contribution is -2.37. The van der Waals surface area contributed by atoms with Gasteiger partial charge in [0.2, 0.25) is 5.91 Å². The number of hydrogen-bond acceptors (Lipinski definition) is 3. The Kier molecular flexibility index (Phi) is 10.8. The van der Waals surface area contributed by atoms with Gasteiger partial charge in [-0.25, -0.2) is 0 Å². The quantitative estimate of drug-likeness (QED) is 0.633. The zero-order chi connectivity index (χ0) is 13.1. The fourth-order valence-electron chi connectivity index (χ4n) is 1.57. The van der Waals surface area contributed by atoms with Gasteiger partial charge in [0.05, 0.1) is 5.75 Å². The summed E-state index contributed by atoms with van der Waals surface area (Å²) in [4.78, 5) is 11.4. The van der Waals surface area contributed by atoms with E-state index in [-0.39, 0.29) is 5.91 Å². The largest absolute Gasteiger partial charge is 0.355 e. The Balaban J connectivity index is 3.77. The van der Waals surface area contributed by atoms with Gasteiger partial charge in [-0.15, -0.1) is 0 Å². The molecular weight excluding hydrogens is 232 g/mol. The van der Waals surface area contributed by atoms with Crippen LogP contribution < -0.4 is 10.6 Å². The van der Waals surface area contributed by atoms with Crippen LogP contribution in [0.2, 0.25) is 0 Å². The molecule has 0 fully saturated rings. The molecule has 0 bridgehead atoms. The summed E-state index contributed by atoms with van der Waals surface area (Å²) in [6.45, 7) is 10.5. The maximum Gasteiger partial charge on any atom is 0.229 e. The molecule has 0 heterocycles. The Bertz CT molecular complexity index is 200. The lowest BCUT2D eigenvalue weighted by Gasteiger charge is -2.23. The second-order valence-corrected chi connectivity index (χ2v) is 5.45. The number of rotatable bonds is 10. The van der Waals surface area contributed by atoms with Gasteiger partial charge < -0.3 is 10.6 Å². The number of carbonyl (C=O) groups is 1. The van der Waals surface area contributed by atoms with Crippen molar-refractivity contribution in [2.75, 3.05) is 24.6 Å². The average molecular weight is 260 g/mol. The zero-order valence-corrected chi connectivity index (χ0v) is 12.5. The molecule has 102 valence electrons. The Hall–Kier alpha value is -0.220. The molecule has 0 aliphatic heterocycles. The first-order valence-corrected chi connectivity index (χ1v) is 7.88. The highest BCUT2D eigenvalue weighted by molar-refractivity contribution is 8.00. The minimum atomic E-state index is 0.163. The van der Waals surface area contributed by atoms with Crippen LogP contribution in [0.3, 0.4) is 0 Å². The van der Waals surface area contributed by atoms with Crippen molar-refractivity contribution in [1.82, 2.24) is 10.6 Å². The predicted molar refractivity (Wildman–Crippen MR) is 77.5 cm³/mol. The van der Waals surface area contributed by atoms with Crippen molar-refractivity contribution in [2.45, 2.75) is 46.6 Å². The Morgan fingerprint density at radius 2 is 2.00 bits per heavy atom. The lowest BCUT2D eigenvalue weighted by molar-refractivity contribution is -0.118. The predicted octanol–water partition coefficient (Wildman–Crippen LogP) is 2.27. The van der Waals surface area contributed by atoms with Crippen LogP contribution in [0.4, 0.5) is 0 Å². The molecule has 4 heteroatoms. The normalized spacial score (nSPS) is 14.4. The molecule has 0 aliphatic rings. The van der Waals surface area contributed by atoms with E-state index in [2.05, 4.69) is 38.3 Å². The first kappa shape index (κ1) is 16.8. The topological polar surface area (TPSA) is 41.1 Å². The van der Waals surface area contributed by atoms with Crippen LogP contribution in [-0.2, 0) is 4.79 Å². The van der Waals surface area contributed by atoms with Crippen LogP contribution in [-0.4, -0.2) is 36.5 Å². The highest BCUT2D eigenvalue weighted by Gasteiger charge is 2.14. The fraction of sp³-hybridized carbons (Fsp3) is 0.923. The van der Waals surface area contributed by atoms with E-state index in [1.807, 2.05) is 0 Å². The molecule has 0 rings (SSSR count). The minimum absolute atomic E-state index is 0.163. The van der Waals surface area contributed by atoms with Crippen LogP contribution in [0.25, 0.3) is 0 Å². The molecule has 0 aromatic carbocycles. The summed E-state index contributed by atoms with van der Waals surface area (Å²) >= 11 is 1.73. The molecule has 2 unspecified atom stereocenters. The summed E-state index contributed by atoms with van der Waals surface area (Å²) in [7, 11) is 0. The van der Waals surface area contributed by atoms with Gasteiger partial charge in [-0.05, 0) is 18.9 Å². The van der Waals surface area contributed by atoms with E-state index in [0.717, 1.165) is 25.3 Å². The van der Waals surface area contributed by atoms with Gasteiger partial charge >= 0.3 is 0 Å². The van der Waals surface area contributed by atoms with Crippen molar-refractivity contribution in [2.24, 2.45) is 5.92 Å². The minimum Gasteiger partial charge on any atom is -0.355 e. The van der Waals surface area contributed by atoms with Crippen LogP contribution in [0.1, 0.15) is 40.5 Å². The first-order chi connectivity index (χ1) is 8.15. The summed E-state index contributed by atoms with van der Waals surface area (Å²) in [5, 5.41) is 6.40. The molecule has 0 aliphatic carbocycles. The van der Waals surface area contributed by atoms with Gasteiger partial charge in [-0.1, -0.05) is 34.1 Å². The average Bonchev–Trinajstić information content (AvgIpc) is 2.34. The molecule has 0 saturated heterocycles. The third-order valence-electron chi connectivity index (χ3n) is 2.90. The number of amides is 1. The smallest absolute Gasteiger partial charge is 0.229 e. The van der Waals surface area contributed by atoms with E-state index in [4.69, 9.17) is 0 Å². The Labute approximate surface area is 111 Å². The third kappa shape index (κ3) is 8.50. The van der Waals surface area contributed by atoms with Gasteiger partial charge in [0.1, 0.15) is 0 Å². The maximum atomic E-state index is 11.4. The molecule has 0 aromatic heterocycles. The van der Waals surface area contributed by atoms with E-state index in [9.17, 15) is 4.79 Å². The number of thioether (sulfide) groups is 1. The Morgan fingerprint density at radius 3 is 2.53 bits per heavy atom. The monoisotopic (exact) mass is 260 g/mol. The second kappa shape index (κ2) is 10.9. The molecule has 1 amide bonds. The van der Waals surface area contributed by atoms with Crippen molar-refractivity contribution >= 4 is 17.7 Å². The standard InChI is InChI=1S/C13H28N2OS/c1-5-8-15-13(16)10-17-9-12(14-7-3)11(4)6-2/h11-12,14H,5-10H2,1-4H3,(H,15,16).